The van der Waals surface area contributed by atoms with E-state index in [4.69, 9.17) is 5.73 Å². The summed E-state index contributed by atoms with van der Waals surface area (Å²) in [6.45, 7) is 0.102. The summed E-state index contributed by atoms with van der Waals surface area (Å²) in [4.78, 5) is 0. The molecule has 102 valence electrons. The first-order chi connectivity index (χ1) is 8.09. The summed E-state index contributed by atoms with van der Waals surface area (Å²) in [5, 5.41) is 0. The number of nitrogen functional groups attached to an aromatic ring is 1. The molecule has 0 radical (unpaired) electrons. The van der Waals surface area contributed by atoms with Gasteiger partial charge in [0, 0.05) is 0 Å². The highest BCUT2D eigenvalue weighted by Crippen LogP contribution is 2.20. The van der Waals surface area contributed by atoms with Crippen LogP contribution >= 0.6 is 0 Å². The summed E-state index contributed by atoms with van der Waals surface area (Å²) < 4.78 is 61.5. The van der Waals surface area contributed by atoms with E-state index in [2.05, 4.69) is 0 Å². The van der Waals surface area contributed by atoms with Crippen molar-refractivity contribution in [2.75, 3.05) is 17.0 Å². The minimum absolute atomic E-state index is 0.0234. The summed E-state index contributed by atoms with van der Waals surface area (Å²) in [6.07, 6.45) is -4.62. The molecular formula is C9H12F3N3O2S. The SMILES string of the molecule is Cc1ccc(NS(=O)(=O)NCC(F)(F)F)c(N)c1. The highest BCUT2D eigenvalue weighted by molar-refractivity contribution is 7.90. The van der Waals surface area contributed by atoms with Crippen LogP contribution in [0.3, 0.4) is 0 Å². The van der Waals surface area contributed by atoms with E-state index in [-0.39, 0.29) is 11.4 Å². The minimum atomic E-state index is -4.62. The Morgan fingerprint density at radius 2 is 1.94 bits per heavy atom. The Bertz CT molecular complexity index is 528. The molecule has 0 heterocycles. The van der Waals surface area contributed by atoms with Crippen molar-refractivity contribution in [2.24, 2.45) is 0 Å². The number of alkyl halides is 3. The third-order valence-corrected chi connectivity index (χ3v) is 2.93. The average Bonchev–Trinajstić information content (AvgIpc) is 2.19. The van der Waals surface area contributed by atoms with E-state index in [1.165, 1.54) is 16.9 Å². The molecule has 0 saturated heterocycles. The Kier molecular flexibility index (Phi) is 4.07. The van der Waals surface area contributed by atoms with Crippen molar-refractivity contribution >= 4 is 21.6 Å². The summed E-state index contributed by atoms with van der Waals surface area (Å²) in [6, 6.07) is 4.46. The fourth-order valence-corrected chi connectivity index (χ4v) is 2.03. The van der Waals surface area contributed by atoms with Crippen molar-refractivity contribution in [2.45, 2.75) is 13.1 Å². The van der Waals surface area contributed by atoms with Gasteiger partial charge in [-0.25, -0.2) is 0 Å². The van der Waals surface area contributed by atoms with Crippen molar-refractivity contribution in [1.82, 2.24) is 4.72 Å². The number of nitrogens with two attached hydrogens (primary N) is 1. The van der Waals surface area contributed by atoms with Gasteiger partial charge in [-0.15, -0.1) is 0 Å². The van der Waals surface area contributed by atoms with Crippen molar-refractivity contribution in [3.63, 3.8) is 0 Å². The van der Waals surface area contributed by atoms with Crippen LogP contribution in [0.4, 0.5) is 24.5 Å². The van der Waals surface area contributed by atoms with E-state index in [1.807, 2.05) is 4.72 Å². The normalized spacial score (nSPS) is 12.4. The largest absolute Gasteiger partial charge is 0.402 e. The van der Waals surface area contributed by atoms with Crippen LogP contribution in [0.5, 0.6) is 0 Å². The van der Waals surface area contributed by atoms with Gasteiger partial charge in [0.2, 0.25) is 0 Å². The second-order valence-corrected chi connectivity index (χ2v) is 5.13. The van der Waals surface area contributed by atoms with Gasteiger partial charge >= 0.3 is 6.18 Å². The zero-order valence-electron chi connectivity index (χ0n) is 9.38. The number of hydrogen-bond donors (Lipinski definition) is 3. The van der Waals surface area contributed by atoms with E-state index in [0.717, 1.165) is 5.56 Å². The van der Waals surface area contributed by atoms with E-state index in [1.54, 1.807) is 13.0 Å². The van der Waals surface area contributed by atoms with Crippen LogP contribution in [0.25, 0.3) is 0 Å². The number of halogens is 3. The molecule has 0 bridgehead atoms. The van der Waals surface area contributed by atoms with Crippen LogP contribution in [0.2, 0.25) is 0 Å². The predicted molar refractivity (Wildman–Crippen MR) is 62.2 cm³/mol. The molecule has 9 heteroatoms. The van der Waals surface area contributed by atoms with E-state index >= 15 is 0 Å². The van der Waals surface area contributed by atoms with Gasteiger partial charge in [-0.2, -0.15) is 26.3 Å². The molecule has 0 spiro atoms. The summed E-state index contributed by atoms with van der Waals surface area (Å²) in [5.41, 5.74) is 6.49. The van der Waals surface area contributed by atoms with Crippen molar-refractivity contribution in [1.29, 1.82) is 0 Å². The van der Waals surface area contributed by atoms with Gasteiger partial charge in [0.1, 0.15) is 6.54 Å². The first kappa shape index (κ1) is 14.6. The number of benzene rings is 1. The fraction of sp³-hybridized carbons (Fsp3) is 0.333. The van der Waals surface area contributed by atoms with E-state index in [0.29, 0.717) is 0 Å². The van der Waals surface area contributed by atoms with Gasteiger partial charge in [0.25, 0.3) is 10.2 Å². The van der Waals surface area contributed by atoms with Gasteiger partial charge in [0.15, 0.2) is 0 Å². The minimum Gasteiger partial charge on any atom is -0.397 e. The van der Waals surface area contributed by atoms with Gasteiger partial charge in [-0.1, -0.05) is 6.07 Å². The summed E-state index contributed by atoms with van der Waals surface area (Å²) in [5.74, 6) is 0. The highest BCUT2D eigenvalue weighted by atomic mass is 32.2. The second-order valence-electron chi connectivity index (χ2n) is 3.63. The van der Waals surface area contributed by atoms with Crippen LogP contribution in [0.15, 0.2) is 18.2 Å². The summed E-state index contributed by atoms with van der Waals surface area (Å²) >= 11 is 0. The van der Waals surface area contributed by atoms with E-state index in [9.17, 15) is 21.6 Å². The van der Waals surface area contributed by atoms with Crippen LogP contribution < -0.4 is 15.2 Å². The molecule has 1 aromatic carbocycles. The molecule has 0 aliphatic rings. The average molecular weight is 283 g/mol. The molecule has 0 aliphatic heterocycles. The lowest BCUT2D eigenvalue weighted by Gasteiger charge is -2.12. The van der Waals surface area contributed by atoms with Crippen molar-refractivity contribution in [3.8, 4) is 0 Å². The molecule has 5 nitrogen and oxygen atoms in total. The Morgan fingerprint density at radius 3 is 2.44 bits per heavy atom. The molecule has 0 saturated carbocycles. The molecule has 0 fully saturated rings. The molecule has 0 aromatic heterocycles. The smallest absolute Gasteiger partial charge is 0.397 e. The molecule has 1 aromatic rings. The zero-order chi connectivity index (χ0) is 14.0. The molecule has 4 N–H and O–H groups in total. The highest BCUT2D eigenvalue weighted by Gasteiger charge is 2.29. The number of nitrogens with one attached hydrogen (secondary N) is 2. The lowest BCUT2D eigenvalue weighted by molar-refractivity contribution is -0.121. The van der Waals surface area contributed by atoms with Crippen LogP contribution in [-0.2, 0) is 10.2 Å². The lowest BCUT2D eigenvalue weighted by Crippen LogP contribution is -2.37. The maximum Gasteiger partial charge on any atom is 0.402 e. The maximum atomic E-state index is 11.9. The number of aryl methyl sites for hydroxylation is 1. The van der Waals surface area contributed by atoms with Gasteiger partial charge in [-0.05, 0) is 24.6 Å². The molecular weight excluding hydrogens is 271 g/mol. The van der Waals surface area contributed by atoms with Gasteiger partial charge < -0.3 is 5.73 Å². The zero-order valence-corrected chi connectivity index (χ0v) is 10.2. The third kappa shape index (κ3) is 4.80. The Hall–Kier alpha value is -1.48. The molecule has 18 heavy (non-hydrogen) atoms. The Labute approximate surface area is 102 Å². The van der Waals surface area contributed by atoms with Crippen molar-refractivity contribution < 1.29 is 21.6 Å². The monoisotopic (exact) mass is 283 g/mol. The molecule has 1 rings (SSSR count). The number of hydrogen-bond acceptors (Lipinski definition) is 3. The van der Waals surface area contributed by atoms with E-state index < -0.39 is 22.9 Å². The fourth-order valence-electron chi connectivity index (χ4n) is 1.13. The molecule has 0 amide bonds. The maximum absolute atomic E-state index is 11.9. The molecule has 0 atom stereocenters. The first-order valence-corrected chi connectivity index (χ1v) is 6.28. The number of anilines is 2. The molecule has 0 aliphatic carbocycles. The van der Waals surface area contributed by atoms with Gasteiger partial charge in [0.05, 0.1) is 11.4 Å². The predicted octanol–water partition coefficient (Wildman–Crippen LogP) is 1.39. The van der Waals surface area contributed by atoms with Crippen LogP contribution in [0, 0.1) is 6.92 Å². The summed E-state index contributed by atoms with van der Waals surface area (Å²) in [7, 11) is -4.30. The first-order valence-electron chi connectivity index (χ1n) is 4.79. The van der Waals surface area contributed by atoms with Crippen LogP contribution in [0.1, 0.15) is 5.56 Å². The Balaban J connectivity index is 2.77. The van der Waals surface area contributed by atoms with Gasteiger partial charge in [-0.3, -0.25) is 4.72 Å². The van der Waals surface area contributed by atoms with Crippen LogP contribution in [-0.4, -0.2) is 21.1 Å². The standard InChI is InChI=1S/C9H12F3N3O2S/c1-6-2-3-8(7(13)4-6)15-18(16,17)14-5-9(10,11)12/h2-4,14-15H,5,13H2,1H3. The number of rotatable bonds is 4. The quantitative estimate of drug-likeness (QED) is 0.730. The lowest BCUT2D eigenvalue weighted by atomic mass is 10.2. The molecule has 0 unspecified atom stereocenters. The topological polar surface area (TPSA) is 84.2 Å². The Morgan fingerprint density at radius 1 is 1.33 bits per heavy atom. The second kappa shape index (κ2) is 5.02. The third-order valence-electron chi connectivity index (χ3n) is 1.91. The van der Waals surface area contributed by atoms with Crippen molar-refractivity contribution in [3.05, 3.63) is 23.8 Å².